The fourth-order valence-corrected chi connectivity index (χ4v) is 2.85. The average Bonchev–Trinajstić information content (AvgIpc) is 3.21. The molecule has 1 fully saturated rings. The lowest BCUT2D eigenvalue weighted by molar-refractivity contribution is 0.641. The van der Waals surface area contributed by atoms with Crippen LogP contribution in [0.1, 0.15) is 30.7 Å². The molecule has 0 radical (unpaired) electrons. The van der Waals surface area contributed by atoms with Gasteiger partial charge >= 0.3 is 0 Å². The number of aryl methyl sites for hydroxylation is 1. The van der Waals surface area contributed by atoms with Crippen molar-refractivity contribution < 1.29 is 0 Å². The summed E-state index contributed by atoms with van der Waals surface area (Å²) < 4.78 is 0. The van der Waals surface area contributed by atoms with Gasteiger partial charge in [0.15, 0.2) is 0 Å². The number of benzene rings is 1. The maximum atomic E-state index is 4.23. The van der Waals surface area contributed by atoms with E-state index < -0.39 is 0 Å². The highest BCUT2D eigenvalue weighted by molar-refractivity contribution is 5.48. The standard InChI is InChI=1S/C17H24N4/c1-2-13-21(12-1)16-7-5-15(6-8-16)14-18-9-3-4-17-19-10-11-20-17/h5-8,10-11,18H,1-4,9,12-14H2,(H,19,20). The van der Waals surface area contributed by atoms with Gasteiger partial charge in [0.1, 0.15) is 5.82 Å². The van der Waals surface area contributed by atoms with Gasteiger partial charge in [-0.3, -0.25) is 0 Å². The van der Waals surface area contributed by atoms with E-state index in [-0.39, 0.29) is 0 Å². The van der Waals surface area contributed by atoms with Gasteiger partial charge in [0.25, 0.3) is 0 Å². The average molecular weight is 284 g/mol. The van der Waals surface area contributed by atoms with Crippen LogP contribution >= 0.6 is 0 Å². The Balaban J connectivity index is 1.37. The van der Waals surface area contributed by atoms with Crippen LogP contribution < -0.4 is 10.2 Å². The van der Waals surface area contributed by atoms with Crippen LogP contribution in [0.25, 0.3) is 0 Å². The van der Waals surface area contributed by atoms with Crippen molar-refractivity contribution in [3.05, 3.63) is 48.0 Å². The third-order valence-corrected chi connectivity index (χ3v) is 4.06. The van der Waals surface area contributed by atoms with Crippen molar-refractivity contribution in [2.45, 2.75) is 32.2 Å². The Kier molecular flexibility index (Phi) is 4.90. The summed E-state index contributed by atoms with van der Waals surface area (Å²) in [6, 6.07) is 9.00. The lowest BCUT2D eigenvalue weighted by atomic mass is 10.2. The van der Waals surface area contributed by atoms with Gasteiger partial charge in [0.05, 0.1) is 0 Å². The molecule has 1 saturated heterocycles. The van der Waals surface area contributed by atoms with E-state index in [1.165, 1.54) is 37.2 Å². The summed E-state index contributed by atoms with van der Waals surface area (Å²) >= 11 is 0. The highest BCUT2D eigenvalue weighted by Crippen LogP contribution is 2.20. The molecule has 0 unspecified atom stereocenters. The van der Waals surface area contributed by atoms with E-state index in [0.717, 1.165) is 31.8 Å². The van der Waals surface area contributed by atoms with Gasteiger partial charge in [0, 0.05) is 44.1 Å². The van der Waals surface area contributed by atoms with Crippen molar-refractivity contribution >= 4 is 5.69 Å². The molecular formula is C17H24N4. The molecule has 2 aromatic rings. The number of rotatable bonds is 7. The highest BCUT2D eigenvalue weighted by atomic mass is 15.1. The Morgan fingerprint density at radius 3 is 2.67 bits per heavy atom. The van der Waals surface area contributed by atoms with Gasteiger partial charge in [-0.2, -0.15) is 0 Å². The molecule has 1 aromatic heterocycles. The van der Waals surface area contributed by atoms with Gasteiger partial charge in [-0.1, -0.05) is 12.1 Å². The molecule has 1 aliphatic rings. The third-order valence-electron chi connectivity index (χ3n) is 4.06. The SMILES string of the molecule is c1c[nH]c(CCCNCc2ccc(N3CCCC3)cc2)n1. The van der Waals surface area contributed by atoms with E-state index >= 15 is 0 Å². The van der Waals surface area contributed by atoms with Crippen molar-refractivity contribution in [3.63, 3.8) is 0 Å². The van der Waals surface area contributed by atoms with Gasteiger partial charge in [0.2, 0.25) is 0 Å². The number of H-pyrrole nitrogens is 1. The quantitative estimate of drug-likeness (QED) is 0.768. The van der Waals surface area contributed by atoms with Crippen molar-refractivity contribution in [1.82, 2.24) is 15.3 Å². The monoisotopic (exact) mass is 284 g/mol. The summed E-state index contributed by atoms with van der Waals surface area (Å²) in [6.07, 6.45) is 8.47. The molecule has 1 aromatic carbocycles. The van der Waals surface area contributed by atoms with Crippen molar-refractivity contribution in [2.24, 2.45) is 0 Å². The molecule has 0 amide bonds. The molecule has 0 bridgehead atoms. The zero-order valence-corrected chi connectivity index (χ0v) is 12.5. The molecule has 4 heteroatoms. The third kappa shape index (κ3) is 4.08. The number of aromatic amines is 1. The second kappa shape index (κ2) is 7.27. The number of hydrogen-bond acceptors (Lipinski definition) is 3. The number of nitrogens with zero attached hydrogens (tertiary/aromatic N) is 2. The minimum Gasteiger partial charge on any atom is -0.372 e. The van der Waals surface area contributed by atoms with E-state index in [4.69, 9.17) is 0 Å². The fraction of sp³-hybridized carbons (Fsp3) is 0.471. The molecule has 0 atom stereocenters. The first-order chi connectivity index (χ1) is 10.4. The van der Waals surface area contributed by atoms with E-state index in [0.29, 0.717) is 0 Å². The van der Waals surface area contributed by atoms with Crippen molar-refractivity contribution in [1.29, 1.82) is 0 Å². The summed E-state index contributed by atoms with van der Waals surface area (Å²) in [5, 5.41) is 3.50. The molecule has 112 valence electrons. The zero-order valence-electron chi connectivity index (χ0n) is 12.5. The van der Waals surface area contributed by atoms with Gasteiger partial charge < -0.3 is 15.2 Å². The molecule has 0 saturated carbocycles. The van der Waals surface area contributed by atoms with E-state index in [1.54, 1.807) is 0 Å². The number of hydrogen-bond donors (Lipinski definition) is 2. The smallest absolute Gasteiger partial charge is 0.106 e. The predicted octanol–water partition coefficient (Wildman–Crippen LogP) is 2.73. The molecular weight excluding hydrogens is 260 g/mol. The van der Waals surface area contributed by atoms with Gasteiger partial charge in [-0.15, -0.1) is 0 Å². The fourth-order valence-electron chi connectivity index (χ4n) is 2.85. The Hall–Kier alpha value is -1.81. The summed E-state index contributed by atoms with van der Waals surface area (Å²) in [5.41, 5.74) is 2.73. The number of anilines is 1. The van der Waals surface area contributed by atoms with Gasteiger partial charge in [-0.25, -0.2) is 4.98 Å². The Bertz CT molecular complexity index is 512. The van der Waals surface area contributed by atoms with Crippen LogP contribution in [0.15, 0.2) is 36.7 Å². The maximum absolute atomic E-state index is 4.23. The summed E-state index contributed by atoms with van der Waals surface area (Å²) in [6.45, 7) is 4.39. The normalized spacial score (nSPS) is 14.8. The van der Waals surface area contributed by atoms with Gasteiger partial charge in [-0.05, 0) is 43.5 Å². The molecule has 21 heavy (non-hydrogen) atoms. The Morgan fingerprint density at radius 2 is 1.95 bits per heavy atom. The molecule has 0 aliphatic carbocycles. The van der Waals surface area contributed by atoms with Crippen LogP contribution in [0.2, 0.25) is 0 Å². The van der Waals surface area contributed by atoms with Crippen LogP contribution in [-0.2, 0) is 13.0 Å². The molecule has 3 rings (SSSR count). The number of aromatic nitrogens is 2. The topological polar surface area (TPSA) is 44.0 Å². The number of imidazole rings is 1. The van der Waals surface area contributed by atoms with Crippen LogP contribution in [0.5, 0.6) is 0 Å². The van der Waals surface area contributed by atoms with E-state index in [1.807, 2.05) is 12.4 Å². The summed E-state index contributed by atoms with van der Waals surface area (Å²) in [7, 11) is 0. The molecule has 2 heterocycles. The maximum Gasteiger partial charge on any atom is 0.106 e. The molecule has 4 nitrogen and oxygen atoms in total. The van der Waals surface area contributed by atoms with Crippen LogP contribution in [-0.4, -0.2) is 29.6 Å². The summed E-state index contributed by atoms with van der Waals surface area (Å²) in [5.74, 6) is 1.08. The summed E-state index contributed by atoms with van der Waals surface area (Å²) in [4.78, 5) is 9.84. The first-order valence-electron chi connectivity index (χ1n) is 7.95. The number of nitrogens with one attached hydrogen (secondary N) is 2. The zero-order chi connectivity index (χ0) is 14.3. The Morgan fingerprint density at radius 1 is 1.14 bits per heavy atom. The van der Waals surface area contributed by atoms with Crippen LogP contribution in [0.4, 0.5) is 5.69 Å². The van der Waals surface area contributed by atoms with Crippen molar-refractivity contribution in [3.8, 4) is 0 Å². The first-order valence-corrected chi connectivity index (χ1v) is 7.95. The van der Waals surface area contributed by atoms with E-state index in [9.17, 15) is 0 Å². The largest absolute Gasteiger partial charge is 0.372 e. The highest BCUT2D eigenvalue weighted by Gasteiger charge is 2.11. The predicted molar refractivity (Wildman–Crippen MR) is 86.5 cm³/mol. The minimum absolute atomic E-state index is 0.943. The van der Waals surface area contributed by atoms with E-state index in [2.05, 4.69) is 44.5 Å². The second-order valence-corrected chi connectivity index (χ2v) is 5.68. The molecule has 1 aliphatic heterocycles. The van der Waals surface area contributed by atoms with Crippen LogP contribution in [0.3, 0.4) is 0 Å². The Labute approximate surface area is 126 Å². The first kappa shape index (κ1) is 14.1. The lowest BCUT2D eigenvalue weighted by Crippen LogP contribution is -2.18. The van der Waals surface area contributed by atoms with Crippen molar-refractivity contribution in [2.75, 3.05) is 24.5 Å². The second-order valence-electron chi connectivity index (χ2n) is 5.68. The van der Waals surface area contributed by atoms with Crippen LogP contribution in [0, 0.1) is 0 Å². The molecule has 2 N–H and O–H groups in total. The lowest BCUT2D eigenvalue weighted by Gasteiger charge is -2.17. The molecule has 0 spiro atoms. The minimum atomic E-state index is 0.943.